The number of anilines is 1. The molecule has 1 aliphatic rings. The molecule has 0 saturated heterocycles. The summed E-state index contributed by atoms with van der Waals surface area (Å²) in [7, 11) is 1.69. The van der Waals surface area contributed by atoms with Crippen LogP contribution in [0.15, 0.2) is 42.5 Å². The second-order valence-corrected chi connectivity index (χ2v) is 5.70. The van der Waals surface area contributed by atoms with E-state index in [-0.39, 0.29) is 5.82 Å². The molecular formula is C18H20FNO. The molecule has 1 saturated carbocycles. The molecule has 3 heteroatoms. The first-order valence-corrected chi connectivity index (χ1v) is 7.33. The van der Waals surface area contributed by atoms with Crippen LogP contribution in [0.2, 0.25) is 0 Å². The second kappa shape index (κ2) is 5.76. The van der Waals surface area contributed by atoms with Gasteiger partial charge in [0.2, 0.25) is 0 Å². The number of ether oxygens (including phenoxy) is 1. The molecule has 3 rings (SSSR count). The van der Waals surface area contributed by atoms with Gasteiger partial charge in [-0.15, -0.1) is 0 Å². The van der Waals surface area contributed by atoms with E-state index in [9.17, 15) is 4.39 Å². The van der Waals surface area contributed by atoms with Crippen molar-refractivity contribution in [3.63, 3.8) is 0 Å². The van der Waals surface area contributed by atoms with E-state index in [1.54, 1.807) is 13.2 Å². The predicted molar refractivity (Wildman–Crippen MR) is 83.5 cm³/mol. The Labute approximate surface area is 125 Å². The van der Waals surface area contributed by atoms with Crippen molar-refractivity contribution in [2.75, 3.05) is 12.4 Å². The number of hydrogen-bond donors (Lipinski definition) is 1. The zero-order valence-electron chi connectivity index (χ0n) is 12.4. The van der Waals surface area contributed by atoms with E-state index < -0.39 is 0 Å². The van der Waals surface area contributed by atoms with Crippen LogP contribution in [0, 0.1) is 12.7 Å². The minimum absolute atomic E-state index is 0.149. The van der Waals surface area contributed by atoms with Gasteiger partial charge in [0, 0.05) is 17.3 Å². The molecule has 2 aromatic rings. The molecule has 110 valence electrons. The summed E-state index contributed by atoms with van der Waals surface area (Å²) in [5.74, 6) is 1.32. The lowest BCUT2D eigenvalue weighted by Crippen LogP contribution is -2.34. The second-order valence-electron chi connectivity index (χ2n) is 5.70. The Morgan fingerprint density at radius 2 is 1.90 bits per heavy atom. The maximum Gasteiger partial charge on any atom is 0.128 e. The van der Waals surface area contributed by atoms with Gasteiger partial charge in [0.15, 0.2) is 0 Å². The monoisotopic (exact) mass is 285 g/mol. The van der Waals surface area contributed by atoms with E-state index in [0.717, 1.165) is 24.3 Å². The van der Waals surface area contributed by atoms with Crippen LogP contribution in [0.3, 0.4) is 0 Å². The Balaban J connectivity index is 1.62. The highest BCUT2D eigenvalue weighted by Crippen LogP contribution is 2.39. The van der Waals surface area contributed by atoms with Crippen LogP contribution in [0.4, 0.5) is 10.1 Å². The molecule has 0 unspecified atom stereocenters. The van der Waals surface area contributed by atoms with Crippen LogP contribution < -0.4 is 10.1 Å². The molecule has 1 fully saturated rings. The van der Waals surface area contributed by atoms with Crippen LogP contribution in [0.1, 0.15) is 29.9 Å². The molecule has 0 aliphatic heterocycles. The average Bonchev–Trinajstić information content (AvgIpc) is 2.46. The fraction of sp³-hybridized carbons (Fsp3) is 0.333. The van der Waals surface area contributed by atoms with E-state index in [2.05, 4.69) is 17.4 Å². The number of hydrogen-bond acceptors (Lipinski definition) is 2. The highest BCUT2D eigenvalue weighted by atomic mass is 19.1. The molecule has 2 nitrogen and oxygen atoms in total. The SMILES string of the molecule is COc1cccc(C2CC(Nc3cccc(F)c3C)C2)c1. The maximum absolute atomic E-state index is 13.5. The molecule has 0 bridgehead atoms. The Morgan fingerprint density at radius 1 is 1.14 bits per heavy atom. The van der Waals surface area contributed by atoms with Gasteiger partial charge < -0.3 is 10.1 Å². The van der Waals surface area contributed by atoms with Crippen molar-refractivity contribution in [1.29, 1.82) is 0 Å². The molecule has 21 heavy (non-hydrogen) atoms. The molecular weight excluding hydrogens is 265 g/mol. The van der Waals surface area contributed by atoms with E-state index >= 15 is 0 Å². The minimum atomic E-state index is -0.149. The van der Waals surface area contributed by atoms with E-state index in [4.69, 9.17) is 4.74 Å². The topological polar surface area (TPSA) is 21.3 Å². The molecule has 0 aromatic heterocycles. The molecule has 2 aromatic carbocycles. The van der Waals surface area contributed by atoms with E-state index in [0.29, 0.717) is 17.5 Å². The van der Waals surface area contributed by atoms with Crippen molar-refractivity contribution in [3.8, 4) is 5.75 Å². The van der Waals surface area contributed by atoms with Crippen LogP contribution in [-0.2, 0) is 0 Å². The summed E-state index contributed by atoms with van der Waals surface area (Å²) in [4.78, 5) is 0. The minimum Gasteiger partial charge on any atom is -0.497 e. The first-order valence-electron chi connectivity index (χ1n) is 7.33. The normalized spacial score (nSPS) is 20.7. The number of halogens is 1. The third kappa shape index (κ3) is 2.87. The smallest absolute Gasteiger partial charge is 0.128 e. The lowest BCUT2D eigenvalue weighted by Gasteiger charge is -2.37. The Hall–Kier alpha value is -2.03. The first kappa shape index (κ1) is 13.9. The fourth-order valence-corrected chi connectivity index (χ4v) is 2.89. The van der Waals surface area contributed by atoms with Gasteiger partial charge in [-0.3, -0.25) is 0 Å². The van der Waals surface area contributed by atoms with Crippen molar-refractivity contribution in [2.24, 2.45) is 0 Å². The number of rotatable bonds is 4. The third-order valence-electron chi connectivity index (χ3n) is 4.33. The first-order chi connectivity index (χ1) is 10.2. The highest BCUT2D eigenvalue weighted by molar-refractivity contribution is 5.52. The molecule has 0 heterocycles. The van der Waals surface area contributed by atoms with E-state index in [1.165, 1.54) is 11.6 Å². The van der Waals surface area contributed by atoms with Crippen molar-refractivity contribution in [3.05, 3.63) is 59.4 Å². The molecule has 0 amide bonds. The summed E-state index contributed by atoms with van der Waals surface area (Å²) in [6.45, 7) is 1.82. The van der Waals surface area contributed by atoms with Gasteiger partial charge in [-0.1, -0.05) is 18.2 Å². The molecule has 1 N–H and O–H groups in total. The lowest BCUT2D eigenvalue weighted by molar-refractivity contribution is 0.370. The van der Waals surface area contributed by atoms with Crippen molar-refractivity contribution in [1.82, 2.24) is 0 Å². The van der Waals surface area contributed by atoms with Gasteiger partial charge in [-0.05, 0) is 55.5 Å². The fourth-order valence-electron chi connectivity index (χ4n) is 2.89. The third-order valence-corrected chi connectivity index (χ3v) is 4.33. The summed E-state index contributed by atoms with van der Waals surface area (Å²) >= 11 is 0. The highest BCUT2D eigenvalue weighted by Gasteiger charge is 2.30. The number of nitrogens with one attached hydrogen (secondary N) is 1. The quantitative estimate of drug-likeness (QED) is 0.893. The van der Waals surface area contributed by atoms with Crippen LogP contribution in [-0.4, -0.2) is 13.2 Å². The van der Waals surface area contributed by atoms with Crippen molar-refractivity contribution < 1.29 is 9.13 Å². The van der Waals surface area contributed by atoms with Crippen LogP contribution >= 0.6 is 0 Å². The Kier molecular flexibility index (Phi) is 3.82. The predicted octanol–water partition coefficient (Wildman–Crippen LogP) is 4.50. The van der Waals surface area contributed by atoms with E-state index in [1.807, 2.05) is 25.1 Å². The Morgan fingerprint density at radius 3 is 2.67 bits per heavy atom. The summed E-state index contributed by atoms with van der Waals surface area (Å²) in [6.07, 6.45) is 2.15. The largest absolute Gasteiger partial charge is 0.497 e. The van der Waals surface area contributed by atoms with Crippen molar-refractivity contribution >= 4 is 5.69 Å². The van der Waals surface area contributed by atoms with Crippen LogP contribution in [0.5, 0.6) is 5.75 Å². The van der Waals surface area contributed by atoms with Gasteiger partial charge in [-0.2, -0.15) is 0 Å². The molecule has 0 radical (unpaired) electrons. The number of methoxy groups -OCH3 is 1. The van der Waals surface area contributed by atoms with Gasteiger partial charge >= 0.3 is 0 Å². The average molecular weight is 285 g/mol. The zero-order valence-corrected chi connectivity index (χ0v) is 12.4. The van der Waals surface area contributed by atoms with Gasteiger partial charge in [0.25, 0.3) is 0 Å². The summed E-state index contributed by atoms with van der Waals surface area (Å²) < 4.78 is 18.8. The summed E-state index contributed by atoms with van der Waals surface area (Å²) in [5.41, 5.74) is 2.93. The molecule has 0 spiro atoms. The molecule has 0 atom stereocenters. The van der Waals surface area contributed by atoms with Gasteiger partial charge in [0.05, 0.1) is 7.11 Å². The van der Waals surface area contributed by atoms with Gasteiger partial charge in [0.1, 0.15) is 11.6 Å². The van der Waals surface area contributed by atoms with Crippen molar-refractivity contribution in [2.45, 2.75) is 31.7 Å². The zero-order chi connectivity index (χ0) is 14.8. The lowest BCUT2D eigenvalue weighted by atomic mass is 9.75. The van der Waals surface area contributed by atoms with Crippen LogP contribution in [0.25, 0.3) is 0 Å². The maximum atomic E-state index is 13.5. The summed E-state index contributed by atoms with van der Waals surface area (Å²) in [6, 6.07) is 13.9. The Bertz CT molecular complexity index is 635. The standard InChI is InChI=1S/C18H20FNO/c1-12-17(19)7-4-8-18(12)20-15-9-14(10-15)13-5-3-6-16(11-13)21-2/h3-8,11,14-15,20H,9-10H2,1-2H3. The molecule has 1 aliphatic carbocycles. The van der Waals surface area contributed by atoms with Gasteiger partial charge in [-0.25, -0.2) is 4.39 Å². The summed E-state index contributed by atoms with van der Waals surface area (Å²) in [5, 5.41) is 3.44. The number of benzene rings is 2.